The van der Waals surface area contributed by atoms with E-state index in [0.29, 0.717) is 11.4 Å². The van der Waals surface area contributed by atoms with Gasteiger partial charge in [0.25, 0.3) is 0 Å². The van der Waals surface area contributed by atoms with Crippen LogP contribution in [0.2, 0.25) is 0 Å². The molecule has 126 valence electrons. The highest BCUT2D eigenvalue weighted by Gasteiger charge is 2.43. The molecule has 5 nitrogen and oxygen atoms in total. The van der Waals surface area contributed by atoms with Gasteiger partial charge >= 0.3 is 0 Å². The number of aromatic nitrogens is 1. The number of para-hydroxylation sites is 3. The molecule has 5 heteroatoms. The zero-order chi connectivity index (χ0) is 17.6. The molecule has 0 radical (unpaired) electrons. The number of aromatic amines is 1. The van der Waals surface area contributed by atoms with Crippen LogP contribution in [0.4, 0.5) is 5.69 Å². The standard InChI is InChI=1S/C20H18N2O3/c1-12-19(13-7-3-4-8-15(13)21-12)14-11-18(23)22(20(14)24)16-9-5-6-10-17(16)25-2/h3-10,14,21H,11H2,1-2H3. The summed E-state index contributed by atoms with van der Waals surface area (Å²) in [6.07, 6.45) is 0.166. The molecule has 1 unspecified atom stereocenters. The monoisotopic (exact) mass is 334 g/mol. The lowest BCUT2D eigenvalue weighted by molar-refractivity contribution is -0.121. The van der Waals surface area contributed by atoms with Gasteiger partial charge in [0, 0.05) is 23.0 Å². The van der Waals surface area contributed by atoms with E-state index in [-0.39, 0.29) is 18.2 Å². The quantitative estimate of drug-likeness (QED) is 0.745. The van der Waals surface area contributed by atoms with E-state index in [1.807, 2.05) is 37.3 Å². The minimum Gasteiger partial charge on any atom is -0.495 e. The molecule has 3 aromatic rings. The van der Waals surface area contributed by atoms with Crippen molar-refractivity contribution >= 4 is 28.4 Å². The fourth-order valence-electron chi connectivity index (χ4n) is 3.67. The molecule has 1 atom stereocenters. The maximum absolute atomic E-state index is 13.1. The van der Waals surface area contributed by atoms with E-state index in [9.17, 15) is 9.59 Å². The van der Waals surface area contributed by atoms with Crippen LogP contribution < -0.4 is 9.64 Å². The summed E-state index contributed by atoms with van der Waals surface area (Å²) < 4.78 is 5.32. The van der Waals surface area contributed by atoms with Crippen LogP contribution in [0.15, 0.2) is 48.5 Å². The van der Waals surface area contributed by atoms with Crippen LogP contribution in [0.25, 0.3) is 10.9 Å². The molecular weight excluding hydrogens is 316 g/mol. The van der Waals surface area contributed by atoms with Crippen molar-refractivity contribution in [2.24, 2.45) is 0 Å². The number of carbonyl (C=O) groups is 2. The second kappa shape index (κ2) is 5.77. The Morgan fingerprint density at radius 2 is 1.80 bits per heavy atom. The van der Waals surface area contributed by atoms with Gasteiger partial charge in [0.2, 0.25) is 11.8 Å². The first-order valence-electron chi connectivity index (χ1n) is 8.19. The van der Waals surface area contributed by atoms with E-state index in [1.165, 1.54) is 12.0 Å². The average Bonchev–Trinajstić information content (AvgIpc) is 3.10. The van der Waals surface area contributed by atoms with E-state index < -0.39 is 5.92 Å². The molecule has 0 saturated carbocycles. The Bertz CT molecular complexity index is 990. The van der Waals surface area contributed by atoms with Crippen LogP contribution in [0.5, 0.6) is 5.75 Å². The number of hydrogen-bond acceptors (Lipinski definition) is 3. The van der Waals surface area contributed by atoms with Crippen LogP contribution >= 0.6 is 0 Å². The molecule has 1 aliphatic rings. The van der Waals surface area contributed by atoms with Crippen LogP contribution in [-0.4, -0.2) is 23.9 Å². The number of anilines is 1. The van der Waals surface area contributed by atoms with Crippen molar-refractivity contribution in [2.45, 2.75) is 19.3 Å². The zero-order valence-corrected chi connectivity index (χ0v) is 14.1. The number of ether oxygens (including phenoxy) is 1. The minimum absolute atomic E-state index is 0.166. The SMILES string of the molecule is COc1ccccc1N1C(=O)CC(c2c(C)[nH]c3ccccc23)C1=O. The summed E-state index contributed by atoms with van der Waals surface area (Å²) in [4.78, 5) is 30.3. The van der Waals surface area contributed by atoms with Crippen molar-refractivity contribution in [3.05, 3.63) is 59.8 Å². The van der Waals surface area contributed by atoms with Crippen molar-refractivity contribution in [1.29, 1.82) is 0 Å². The fourth-order valence-corrected chi connectivity index (χ4v) is 3.67. The lowest BCUT2D eigenvalue weighted by Crippen LogP contribution is -2.30. The summed E-state index contributed by atoms with van der Waals surface area (Å²) >= 11 is 0. The number of imide groups is 1. The maximum Gasteiger partial charge on any atom is 0.242 e. The molecule has 2 amide bonds. The molecule has 1 saturated heterocycles. The van der Waals surface area contributed by atoms with E-state index in [0.717, 1.165) is 22.2 Å². The molecule has 2 aromatic carbocycles. The van der Waals surface area contributed by atoms with Gasteiger partial charge in [-0.2, -0.15) is 0 Å². The van der Waals surface area contributed by atoms with Gasteiger partial charge < -0.3 is 9.72 Å². The Labute approximate surface area is 145 Å². The molecule has 0 spiro atoms. The summed E-state index contributed by atoms with van der Waals surface area (Å²) in [5, 5.41) is 0.994. The third-order valence-electron chi connectivity index (χ3n) is 4.76. The predicted octanol–water partition coefficient (Wildman–Crippen LogP) is 3.53. The van der Waals surface area contributed by atoms with E-state index in [4.69, 9.17) is 4.74 Å². The van der Waals surface area contributed by atoms with Crippen molar-refractivity contribution in [3.8, 4) is 5.75 Å². The van der Waals surface area contributed by atoms with Gasteiger partial charge in [-0.1, -0.05) is 30.3 Å². The lowest BCUT2D eigenvalue weighted by Gasteiger charge is -2.18. The Balaban J connectivity index is 1.80. The van der Waals surface area contributed by atoms with Crippen molar-refractivity contribution in [1.82, 2.24) is 4.98 Å². The molecule has 0 bridgehead atoms. The maximum atomic E-state index is 13.1. The van der Waals surface area contributed by atoms with Gasteiger partial charge in [0.15, 0.2) is 0 Å². The first-order valence-corrected chi connectivity index (χ1v) is 8.19. The molecule has 1 aliphatic heterocycles. The number of nitrogens with one attached hydrogen (secondary N) is 1. The van der Waals surface area contributed by atoms with Gasteiger partial charge in [-0.25, -0.2) is 4.90 Å². The minimum atomic E-state index is -0.478. The number of amides is 2. The van der Waals surface area contributed by atoms with Crippen LogP contribution in [0.1, 0.15) is 23.6 Å². The highest BCUT2D eigenvalue weighted by Crippen LogP contribution is 2.40. The third-order valence-corrected chi connectivity index (χ3v) is 4.76. The van der Waals surface area contributed by atoms with Gasteiger partial charge in [-0.15, -0.1) is 0 Å². The molecule has 25 heavy (non-hydrogen) atoms. The normalized spacial score (nSPS) is 17.5. The highest BCUT2D eigenvalue weighted by molar-refractivity contribution is 6.24. The second-order valence-corrected chi connectivity index (χ2v) is 6.21. The van der Waals surface area contributed by atoms with Crippen molar-refractivity contribution < 1.29 is 14.3 Å². The number of hydrogen-bond donors (Lipinski definition) is 1. The van der Waals surface area contributed by atoms with Gasteiger partial charge in [-0.3, -0.25) is 9.59 Å². The Morgan fingerprint density at radius 3 is 2.60 bits per heavy atom. The Kier molecular flexibility index (Phi) is 3.57. The van der Waals surface area contributed by atoms with E-state index in [1.54, 1.807) is 18.2 Å². The topological polar surface area (TPSA) is 62.4 Å². The van der Waals surface area contributed by atoms with Crippen LogP contribution in [0.3, 0.4) is 0 Å². The number of carbonyl (C=O) groups excluding carboxylic acids is 2. The van der Waals surface area contributed by atoms with Gasteiger partial charge in [-0.05, 0) is 30.7 Å². The van der Waals surface area contributed by atoms with Crippen molar-refractivity contribution in [3.63, 3.8) is 0 Å². The number of nitrogens with zero attached hydrogens (tertiary/aromatic N) is 1. The number of methoxy groups -OCH3 is 1. The van der Waals surface area contributed by atoms with Gasteiger partial charge in [0.1, 0.15) is 5.75 Å². The molecule has 1 N–H and O–H groups in total. The number of rotatable bonds is 3. The van der Waals surface area contributed by atoms with Crippen LogP contribution in [-0.2, 0) is 9.59 Å². The fraction of sp³-hybridized carbons (Fsp3) is 0.200. The van der Waals surface area contributed by atoms with E-state index in [2.05, 4.69) is 4.98 Å². The summed E-state index contributed by atoms with van der Waals surface area (Å²) in [5.74, 6) is -0.374. The largest absolute Gasteiger partial charge is 0.495 e. The summed E-state index contributed by atoms with van der Waals surface area (Å²) in [6.45, 7) is 1.94. The molecule has 1 aromatic heterocycles. The predicted molar refractivity (Wildman–Crippen MR) is 95.9 cm³/mol. The number of fused-ring (bicyclic) bond motifs is 1. The summed E-state index contributed by atoms with van der Waals surface area (Å²) in [5.41, 5.74) is 3.31. The number of H-pyrrole nitrogens is 1. The molecular formula is C20H18N2O3. The number of benzene rings is 2. The average molecular weight is 334 g/mol. The molecule has 1 fully saturated rings. The number of aryl methyl sites for hydroxylation is 1. The third kappa shape index (κ3) is 2.31. The molecule has 4 rings (SSSR count). The Hall–Kier alpha value is -3.08. The highest BCUT2D eigenvalue weighted by atomic mass is 16.5. The van der Waals surface area contributed by atoms with E-state index >= 15 is 0 Å². The zero-order valence-electron chi connectivity index (χ0n) is 14.1. The van der Waals surface area contributed by atoms with Crippen molar-refractivity contribution in [2.75, 3.05) is 12.0 Å². The Morgan fingerprint density at radius 1 is 1.08 bits per heavy atom. The molecule has 2 heterocycles. The second-order valence-electron chi connectivity index (χ2n) is 6.21. The summed E-state index contributed by atoms with van der Waals surface area (Å²) in [6, 6.07) is 14.9. The lowest BCUT2D eigenvalue weighted by atomic mass is 9.94. The smallest absolute Gasteiger partial charge is 0.242 e. The van der Waals surface area contributed by atoms with Gasteiger partial charge in [0.05, 0.1) is 18.7 Å². The first kappa shape index (κ1) is 15.4. The van der Waals surface area contributed by atoms with Crippen LogP contribution in [0, 0.1) is 6.92 Å². The summed E-state index contributed by atoms with van der Waals surface area (Å²) in [7, 11) is 1.53. The first-order chi connectivity index (χ1) is 12.1. The molecule has 0 aliphatic carbocycles.